The van der Waals surface area contributed by atoms with Crippen LogP contribution < -0.4 is 0 Å². The van der Waals surface area contributed by atoms with E-state index in [1.165, 1.54) is 11.1 Å². The maximum absolute atomic E-state index is 4.44. The van der Waals surface area contributed by atoms with Gasteiger partial charge in [-0.15, -0.1) is 16.8 Å². The third kappa shape index (κ3) is 3.77. The van der Waals surface area contributed by atoms with Crippen LogP contribution in [0.2, 0.25) is 0 Å². The lowest BCUT2D eigenvalue weighted by molar-refractivity contribution is 0.848. The second-order valence-electron chi connectivity index (χ2n) is 5.52. The van der Waals surface area contributed by atoms with Crippen LogP contribution in [0.1, 0.15) is 23.9 Å². The lowest BCUT2D eigenvalue weighted by atomic mass is 10.1. The number of rotatable bonds is 7. The smallest absolute Gasteiger partial charge is 0.196 e. The topological polar surface area (TPSA) is 30.7 Å². The zero-order valence-corrected chi connectivity index (χ0v) is 14.7. The fourth-order valence-electron chi connectivity index (χ4n) is 2.56. The molecule has 3 nitrogen and oxygen atoms in total. The van der Waals surface area contributed by atoms with Gasteiger partial charge in [0.15, 0.2) is 5.16 Å². The molecule has 0 radical (unpaired) electrons. The Labute approximate surface area is 147 Å². The first-order chi connectivity index (χ1) is 11.8. The van der Waals surface area contributed by atoms with Crippen LogP contribution in [0.4, 0.5) is 0 Å². The Balaban J connectivity index is 1.98. The SMILES string of the molecule is C=CCSc1nnc(Cc2ccccc2)n1-c1ccc(CC)cc1. The fraction of sp³-hybridized carbons (Fsp3) is 0.200. The van der Waals surface area contributed by atoms with Gasteiger partial charge in [-0.05, 0) is 29.7 Å². The minimum atomic E-state index is 0.762. The van der Waals surface area contributed by atoms with Crippen molar-refractivity contribution in [3.05, 3.63) is 84.2 Å². The number of aryl methyl sites for hydroxylation is 1. The summed E-state index contributed by atoms with van der Waals surface area (Å²) in [5.74, 6) is 1.77. The molecule has 4 heteroatoms. The molecular weight excluding hydrogens is 314 g/mol. The summed E-state index contributed by atoms with van der Waals surface area (Å²) in [6.45, 7) is 5.96. The van der Waals surface area contributed by atoms with Crippen LogP contribution in [0.3, 0.4) is 0 Å². The highest BCUT2D eigenvalue weighted by atomic mass is 32.2. The van der Waals surface area contributed by atoms with Crippen molar-refractivity contribution in [3.8, 4) is 5.69 Å². The number of aromatic nitrogens is 3. The lowest BCUT2D eigenvalue weighted by Gasteiger charge is -2.10. The van der Waals surface area contributed by atoms with Gasteiger partial charge in [0, 0.05) is 17.9 Å². The van der Waals surface area contributed by atoms with Gasteiger partial charge in [0.05, 0.1) is 0 Å². The summed E-state index contributed by atoms with van der Waals surface area (Å²) in [7, 11) is 0. The highest BCUT2D eigenvalue weighted by Crippen LogP contribution is 2.24. The largest absolute Gasteiger partial charge is 0.274 e. The number of nitrogens with zero attached hydrogens (tertiary/aromatic N) is 3. The summed E-state index contributed by atoms with van der Waals surface area (Å²) in [5.41, 5.74) is 3.67. The Kier molecular flexibility index (Phi) is 5.49. The van der Waals surface area contributed by atoms with Crippen LogP contribution >= 0.6 is 11.8 Å². The summed E-state index contributed by atoms with van der Waals surface area (Å²) >= 11 is 1.65. The standard InChI is InChI=1S/C20H21N3S/c1-3-14-24-20-22-21-19(15-17-8-6-5-7-9-17)23(20)18-12-10-16(4-2)11-13-18/h3,5-13H,1,4,14-15H2,2H3. The van der Waals surface area contributed by atoms with Gasteiger partial charge in [0.1, 0.15) is 5.82 Å². The first-order valence-corrected chi connectivity index (χ1v) is 9.11. The van der Waals surface area contributed by atoms with E-state index in [4.69, 9.17) is 0 Å². The maximum atomic E-state index is 4.44. The van der Waals surface area contributed by atoms with Gasteiger partial charge in [0.2, 0.25) is 0 Å². The quantitative estimate of drug-likeness (QED) is 0.463. The average Bonchev–Trinajstić information content (AvgIpc) is 3.03. The van der Waals surface area contributed by atoms with Crippen molar-refractivity contribution < 1.29 is 0 Å². The number of hydrogen-bond acceptors (Lipinski definition) is 3. The Morgan fingerprint density at radius 2 is 1.75 bits per heavy atom. The fourth-order valence-corrected chi connectivity index (χ4v) is 3.27. The third-order valence-corrected chi connectivity index (χ3v) is 4.76. The maximum Gasteiger partial charge on any atom is 0.196 e. The van der Waals surface area contributed by atoms with Crippen LogP contribution in [0.25, 0.3) is 5.69 Å². The Morgan fingerprint density at radius 1 is 1.00 bits per heavy atom. The molecule has 122 valence electrons. The lowest BCUT2D eigenvalue weighted by Crippen LogP contribution is -2.04. The van der Waals surface area contributed by atoms with Crippen LogP contribution in [0, 0.1) is 0 Å². The molecule has 0 amide bonds. The highest BCUT2D eigenvalue weighted by molar-refractivity contribution is 7.99. The van der Waals surface area contributed by atoms with Crippen LogP contribution in [-0.4, -0.2) is 20.5 Å². The Bertz CT molecular complexity index is 792. The van der Waals surface area contributed by atoms with Crippen molar-refractivity contribution in [1.29, 1.82) is 0 Å². The average molecular weight is 335 g/mol. The molecule has 0 unspecified atom stereocenters. The molecule has 0 aliphatic heterocycles. The van der Waals surface area contributed by atoms with Crippen LogP contribution in [0.5, 0.6) is 0 Å². The molecule has 3 aromatic rings. The summed E-state index contributed by atoms with van der Waals surface area (Å²) in [4.78, 5) is 0. The van der Waals surface area contributed by atoms with Gasteiger partial charge < -0.3 is 0 Å². The minimum absolute atomic E-state index is 0.762. The number of hydrogen-bond donors (Lipinski definition) is 0. The molecule has 1 aromatic heterocycles. The van der Waals surface area contributed by atoms with Crippen molar-refractivity contribution in [2.45, 2.75) is 24.9 Å². The van der Waals surface area contributed by atoms with Crippen molar-refractivity contribution in [1.82, 2.24) is 14.8 Å². The zero-order chi connectivity index (χ0) is 16.8. The molecule has 0 atom stereocenters. The van der Waals surface area contributed by atoms with Gasteiger partial charge in [-0.25, -0.2) is 0 Å². The first kappa shape index (κ1) is 16.5. The monoisotopic (exact) mass is 335 g/mol. The molecule has 0 saturated heterocycles. The van der Waals surface area contributed by atoms with Crippen molar-refractivity contribution in [2.75, 3.05) is 5.75 Å². The van der Waals surface area contributed by atoms with Crippen molar-refractivity contribution >= 4 is 11.8 Å². The minimum Gasteiger partial charge on any atom is -0.274 e. The van der Waals surface area contributed by atoms with Gasteiger partial charge in [-0.2, -0.15) is 0 Å². The Morgan fingerprint density at radius 3 is 2.42 bits per heavy atom. The molecular formula is C20H21N3S. The van der Waals surface area contributed by atoms with E-state index in [-0.39, 0.29) is 0 Å². The Hall–Kier alpha value is -2.33. The van der Waals surface area contributed by atoms with Gasteiger partial charge >= 0.3 is 0 Å². The predicted octanol–water partition coefficient (Wildman–Crippen LogP) is 4.70. The third-order valence-electron chi connectivity index (χ3n) is 3.84. The van der Waals surface area contributed by atoms with E-state index in [2.05, 4.69) is 76.8 Å². The summed E-state index contributed by atoms with van der Waals surface area (Å²) in [6, 6.07) is 19.0. The zero-order valence-electron chi connectivity index (χ0n) is 13.9. The van der Waals surface area contributed by atoms with E-state index in [1.807, 2.05) is 12.1 Å². The van der Waals surface area contributed by atoms with Crippen molar-refractivity contribution in [3.63, 3.8) is 0 Å². The molecule has 0 saturated carbocycles. The summed E-state index contributed by atoms with van der Waals surface area (Å²) < 4.78 is 2.15. The molecule has 0 aliphatic rings. The summed E-state index contributed by atoms with van der Waals surface area (Å²) in [5, 5.41) is 9.75. The number of thioether (sulfide) groups is 1. The molecule has 0 bridgehead atoms. The van der Waals surface area contributed by atoms with Gasteiger partial charge in [-0.3, -0.25) is 4.57 Å². The van der Waals surface area contributed by atoms with Crippen LogP contribution in [-0.2, 0) is 12.8 Å². The molecule has 0 fully saturated rings. The van der Waals surface area contributed by atoms with Crippen molar-refractivity contribution in [2.24, 2.45) is 0 Å². The predicted molar refractivity (Wildman–Crippen MR) is 101 cm³/mol. The molecule has 24 heavy (non-hydrogen) atoms. The normalized spacial score (nSPS) is 10.7. The van der Waals surface area contributed by atoms with E-state index in [9.17, 15) is 0 Å². The molecule has 0 N–H and O–H groups in total. The van der Waals surface area contributed by atoms with E-state index < -0.39 is 0 Å². The van der Waals surface area contributed by atoms with E-state index in [0.717, 1.165) is 35.3 Å². The molecule has 1 heterocycles. The van der Waals surface area contributed by atoms with Gasteiger partial charge in [0.25, 0.3) is 0 Å². The van der Waals surface area contributed by atoms with Crippen LogP contribution in [0.15, 0.2) is 72.4 Å². The second-order valence-corrected chi connectivity index (χ2v) is 6.50. The highest BCUT2D eigenvalue weighted by Gasteiger charge is 2.14. The first-order valence-electron chi connectivity index (χ1n) is 8.13. The molecule has 0 aliphatic carbocycles. The van der Waals surface area contributed by atoms with E-state index in [1.54, 1.807) is 11.8 Å². The molecule has 3 rings (SSSR count). The van der Waals surface area contributed by atoms with E-state index in [0.29, 0.717) is 0 Å². The van der Waals surface area contributed by atoms with E-state index >= 15 is 0 Å². The second kappa shape index (κ2) is 7.97. The molecule has 0 spiro atoms. The number of benzene rings is 2. The molecule has 2 aromatic carbocycles. The summed E-state index contributed by atoms with van der Waals surface area (Å²) in [6.07, 6.45) is 3.69. The van der Waals surface area contributed by atoms with Gasteiger partial charge in [-0.1, -0.05) is 67.2 Å².